The van der Waals surface area contributed by atoms with Crippen LogP contribution in [0.4, 0.5) is 0 Å². The minimum atomic E-state index is 0.339. The van der Waals surface area contributed by atoms with Crippen molar-refractivity contribution in [1.29, 1.82) is 0 Å². The van der Waals surface area contributed by atoms with Crippen molar-refractivity contribution in [3.8, 4) is 5.75 Å². The molecule has 2 unspecified atom stereocenters. The van der Waals surface area contributed by atoms with Crippen LogP contribution >= 0.6 is 0 Å². The molecule has 0 spiro atoms. The Morgan fingerprint density at radius 1 is 1.14 bits per heavy atom. The van der Waals surface area contributed by atoms with Crippen molar-refractivity contribution in [1.82, 2.24) is 5.32 Å². The number of fused-ring (bicyclic) bond motifs is 1. The summed E-state index contributed by atoms with van der Waals surface area (Å²) in [4.78, 5) is 0. The molecule has 0 aromatic heterocycles. The lowest BCUT2D eigenvalue weighted by atomic mass is 9.73. The second-order valence-corrected chi connectivity index (χ2v) is 5.65. The molecule has 110 valence electrons. The summed E-state index contributed by atoms with van der Waals surface area (Å²) in [6, 6.07) is 17.5. The average Bonchev–Trinajstić information content (AvgIpc) is 2.50. The SMILES string of the molecule is CCOc1ccccc1C(CC1Cc2ccccc21)NC. The molecule has 0 saturated heterocycles. The van der Waals surface area contributed by atoms with E-state index in [0.29, 0.717) is 18.6 Å². The zero-order chi connectivity index (χ0) is 14.7. The zero-order valence-corrected chi connectivity index (χ0v) is 12.8. The number of hydrogen-bond acceptors (Lipinski definition) is 2. The molecule has 0 bridgehead atoms. The number of benzene rings is 2. The van der Waals surface area contributed by atoms with Crippen LogP contribution in [-0.4, -0.2) is 13.7 Å². The second-order valence-electron chi connectivity index (χ2n) is 5.65. The maximum Gasteiger partial charge on any atom is 0.124 e. The molecule has 3 rings (SSSR count). The van der Waals surface area contributed by atoms with E-state index in [2.05, 4.69) is 47.8 Å². The topological polar surface area (TPSA) is 21.3 Å². The lowest BCUT2D eigenvalue weighted by molar-refractivity contribution is 0.328. The largest absolute Gasteiger partial charge is 0.494 e. The lowest BCUT2D eigenvalue weighted by Crippen LogP contribution is -2.25. The van der Waals surface area contributed by atoms with E-state index >= 15 is 0 Å². The first-order valence-corrected chi connectivity index (χ1v) is 7.80. The monoisotopic (exact) mass is 281 g/mol. The third-order valence-electron chi connectivity index (χ3n) is 4.42. The molecule has 1 aliphatic rings. The Hall–Kier alpha value is -1.80. The van der Waals surface area contributed by atoms with Gasteiger partial charge in [0.05, 0.1) is 6.61 Å². The number of rotatable bonds is 6. The van der Waals surface area contributed by atoms with E-state index < -0.39 is 0 Å². The van der Waals surface area contributed by atoms with Gasteiger partial charge in [0.25, 0.3) is 0 Å². The van der Waals surface area contributed by atoms with E-state index in [0.717, 1.165) is 12.2 Å². The highest BCUT2D eigenvalue weighted by Gasteiger charge is 2.28. The number of para-hydroxylation sites is 1. The van der Waals surface area contributed by atoms with Crippen LogP contribution in [0.3, 0.4) is 0 Å². The van der Waals surface area contributed by atoms with Crippen molar-refractivity contribution in [2.45, 2.75) is 31.7 Å². The van der Waals surface area contributed by atoms with Crippen LogP contribution in [0.1, 0.15) is 42.0 Å². The number of ether oxygens (including phenoxy) is 1. The quantitative estimate of drug-likeness (QED) is 0.861. The van der Waals surface area contributed by atoms with Gasteiger partial charge in [-0.15, -0.1) is 0 Å². The van der Waals surface area contributed by atoms with Gasteiger partial charge in [-0.05, 0) is 49.9 Å². The van der Waals surface area contributed by atoms with Gasteiger partial charge in [0, 0.05) is 11.6 Å². The second kappa shape index (κ2) is 6.31. The first kappa shape index (κ1) is 14.2. The minimum absolute atomic E-state index is 0.339. The van der Waals surface area contributed by atoms with E-state index in [9.17, 15) is 0 Å². The average molecular weight is 281 g/mol. The van der Waals surface area contributed by atoms with Crippen LogP contribution in [-0.2, 0) is 6.42 Å². The Bertz CT molecular complexity index is 608. The van der Waals surface area contributed by atoms with E-state index in [4.69, 9.17) is 4.74 Å². The summed E-state index contributed by atoms with van der Waals surface area (Å²) in [5.74, 6) is 1.67. The fraction of sp³-hybridized carbons (Fsp3) is 0.368. The highest BCUT2D eigenvalue weighted by atomic mass is 16.5. The molecule has 0 fully saturated rings. The summed E-state index contributed by atoms with van der Waals surface area (Å²) in [6.07, 6.45) is 2.32. The molecule has 0 saturated carbocycles. The van der Waals surface area contributed by atoms with E-state index in [1.807, 2.05) is 20.0 Å². The summed E-state index contributed by atoms with van der Waals surface area (Å²) in [6.45, 7) is 2.74. The molecule has 2 heteroatoms. The summed E-state index contributed by atoms with van der Waals surface area (Å²) < 4.78 is 5.78. The Morgan fingerprint density at radius 2 is 1.90 bits per heavy atom. The van der Waals surface area contributed by atoms with Gasteiger partial charge >= 0.3 is 0 Å². The van der Waals surface area contributed by atoms with Crippen LogP contribution < -0.4 is 10.1 Å². The fourth-order valence-electron chi connectivity index (χ4n) is 3.31. The van der Waals surface area contributed by atoms with E-state index in [-0.39, 0.29) is 0 Å². The predicted octanol–water partition coefficient (Wildman–Crippen LogP) is 4.08. The number of nitrogens with one attached hydrogen (secondary N) is 1. The third kappa shape index (κ3) is 2.81. The van der Waals surface area contributed by atoms with Gasteiger partial charge in [-0.1, -0.05) is 42.5 Å². The molecule has 2 nitrogen and oxygen atoms in total. The van der Waals surface area contributed by atoms with Gasteiger partial charge in [-0.3, -0.25) is 0 Å². The molecule has 0 radical (unpaired) electrons. The molecule has 21 heavy (non-hydrogen) atoms. The molecular formula is C19H23NO. The van der Waals surface area contributed by atoms with Crippen molar-refractivity contribution in [3.05, 3.63) is 65.2 Å². The van der Waals surface area contributed by atoms with Crippen molar-refractivity contribution in [2.24, 2.45) is 0 Å². The van der Waals surface area contributed by atoms with E-state index in [1.165, 1.54) is 23.1 Å². The molecular weight excluding hydrogens is 258 g/mol. The summed E-state index contributed by atoms with van der Waals surface area (Å²) in [5.41, 5.74) is 4.30. The van der Waals surface area contributed by atoms with Crippen molar-refractivity contribution in [3.63, 3.8) is 0 Å². The molecule has 0 aliphatic heterocycles. The normalized spacial score (nSPS) is 17.7. The summed E-state index contributed by atoms with van der Waals surface area (Å²) in [5, 5.41) is 3.47. The summed E-state index contributed by atoms with van der Waals surface area (Å²) in [7, 11) is 2.04. The van der Waals surface area contributed by atoms with Gasteiger partial charge in [0.1, 0.15) is 5.75 Å². The van der Waals surface area contributed by atoms with Crippen LogP contribution in [0.2, 0.25) is 0 Å². The molecule has 2 aromatic rings. The Kier molecular flexibility index (Phi) is 4.26. The first-order chi connectivity index (χ1) is 10.3. The van der Waals surface area contributed by atoms with Gasteiger partial charge in [-0.2, -0.15) is 0 Å². The standard InChI is InChI=1S/C19H23NO/c1-3-21-19-11-7-6-10-17(19)18(20-2)13-15-12-14-8-4-5-9-16(14)15/h4-11,15,18,20H,3,12-13H2,1-2H3. The highest BCUT2D eigenvalue weighted by molar-refractivity contribution is 5.41. The van der Waals surface area contributed by atoms with Gasteiger partial charge in [-0.25, -0.2) is 0 Å². The molecule has 1 N–H and O–H groups in total. The molecule has 1 aliphatic carbocycles. The first-order valence-electron chi connectivity index (χ1n) is 7.80. The van der Waals surface area contributed by atoms with Crippen LogP contribution in [0.15, 0.2) is 48.5 Å². The van der Waals surface area contributed by atoms with Crippen molar-refractivity contribution in [2.75, 3.05) is 13.7 Å². The van der Waals surface area contributed by atoms with Gasteiger partial charge in [0.2, 0.25) is 0 Å². The van der Waals surface area contributed by atoms with Crippen molar-refractivity contribution < 1.29 is 4.74 Å². The maximum absolute atomic E-state index is 5.78. The molecule has 2 aromatic carbocycles. The Labute approximate surface area is 127 Å². The van der Waals surface area contributed by atoms with Gasteiger partial charge in [0.15, 0.2) is 0 Å². The Morgan fingerprint density at radius 3 is 2.67 bits per heavy atom. The molecule has 0 amide bonds. The van der Waals surface area contributed by atoms with Crippen LogP contribution in [0.5, 0.6) is 5.75 Å². The smallest absolute Gasteiger partial charge is 0.124 e. The van der Waals surface area contributed by atoms with Crippen LogP contribution in [0.25, 0.3) is 0 Å². The maximum atomic E-state index is 5.78. The predicted molar refractivity (Wildman–Crippen MR) is 86.9 cm³/mol. The Balaban J connectivity index is 1.78. The fourth-order valence-corrected chi connectivity index (χ4v) is 3.31. The minimum Gasteiger partial charge on any atom is -0.494 e. The molecule has 0 heterocycles. The van der Waals surface area contributed by atoms with Crippen LogP contribution in [0, 0.1) is 0 Å². The number of hydrogen-bond donors (Lipinski definition) is 1. The third-order valence-corrected chi connectivity index (χ3v) is 4.42. The summed E-state index contributed by atoms with van der Waals surface area (Å²) >= 11 is 0. The lowest BCUT2D eigenvalue weighted by Gasteiger charge is -2.33. The molecule has 2 atom stereocenters. The van der Waals surface area contributed by atoms with Gasteiger partial charge < -0.3 is 10.1 Å². The van der Waals surface area contributed by atoms with E-state index in [1.54, 1.807) is 0 Å². The highest BCUT2D eigenvalue weighted by Crippen LogP contribution is 2.41. The zero-order valence-electron chi connectivity index (χ0n) is 12.8. The van der Waals surface area contributed by atoms with Crippen molar-refractivity contribution >= 4 is 0 Å².